The number of hydrogen-bond donors (Lipinski definition) is 3. The maximum atomic E-state index is 12.8. The molecule has 0 atom stereocenters. The van der Waals surface area contributed by atoms with Crippen LogP contribution in [0.15, 0.2) is 66.7 Å². The number of aromatic carboxylic acids is 1. The van der Waals surface area contributed by atoms with Gasteiger partial charge in [-0.05, 0) is 54.3 Å². The third-order valence-corrected chi connectivity index (χ3v) is 6.33. The lowest BCUT2D eigenvalue weighted by Gasteiger charge is -2.24. The molecule has 2 amide bonds. The zero-order valence-electron chi connectivity index (χ0n) is 19.3. The van der Waals surface area contributed by atoms with Crippen molar-refractivity contribution in [2.45, 2.75) is 19.8 Å². The van der Waals surface area contributed by atoms with Crippen LogP contribution in [0, 0.1) is 5.41 Å². The van der Waals surface area contributed by atoms with Gasteiger partial charge in [0.25, 0.3) is 0 Å². The number of hydrogen-bond acceptors (Lipinski definition) is 4. The molecule has 3 N–H and O–H groups in total. The zero-order valence-corrected chi connectivity index (χ0v) is 20.1. The molecule has 0 unspecified atom stereocenters. The molecule has 1 aliphatic rings. The number of nitrogens with one attached hydrogen (secondary N) is 2. The zero-order chi connectivity index (χ0) is 25.2. The first-order valence-corrected chi connectivity index (χ1v) is 11.5. The van der Waals surface area contributed by atoms with Gasteiger partial charge in [0, 0.05) is 17.5 Å². The Labute approximate surface area is 208 Å². The second-order valence-electron chi connectivity index (χ2n) is 9.01. The summed E-state index contributed by atoms with van der Waals surface area (Å²) in [5, 5.41) is 14.9. The molecule has 3 aromatic rings. The summed E-state index contributed by atoms with van der Waals surface area (Å²) in [6.07, 6.45) is -0.637. The van der Waals surface area contributed by atoms with Crippen LogP contribution in [0.25, 0.3) is 11.1 Å². The molecule has 0 spiro atoms. The molecule has 1 aliphatic carbocycles. The fraction of sp³-hybridized carbons (Fsp3) is 0.222. The van der Waals surface area contributed by atoms with Crippen molar-refractivity contribution in [3.05, 3.63) is 88.4 Å². The standard InChI is InChI=1S/C27H25ClN2O5/c1-27(2,25(33)30-23-13-16(28)11-12-21(23)24(31)32)15-29-26(34)35-14-22-19-9-5-3-7-17(19)18-8-4-6-10-20(18)22/h3-13,22H,14-15H2,1-2H3,(H,29,34)(H,30,33)(H,31,32). The number of carbonyl (C=O) groups is 3. The number of rotatable bonds is 7. The number of carbonyl (C=O) groups excluding carboxylic acids is 2. The largest absolute Gasteiger partial charge is 0.478 e. The Kier molecular flexibility index (Phi) is 6.80. The quantitative estimate of drug-likeness (QED) is 0.401. The van der Waals surface area contributed by atoms with Gasteiger partial charge < -0.3 is 20.5 Å². The summed E-state index contributed by atoms with van der Waals surface area (Å²) in [6, 6.07) is 20.2. The van der Waals surface area contributed by atoms with Crippen molar-refractivity contribution < 1.29 is 24.2 Å². The van der Waals surface area contributed by atoms with Crippen LogP contribution in [0.1, 0.15) is 41.3 Å². The van der Waals surface area contributed by atoms with Gasteiger partial charge in [0.2, 0.25) is 5.91 Å². The summed E-state index contributed by atoms with van der Waals surface area (Å²) in [7, 11) is 0. The van der Waals surface area contributed by atoms with E-state index in [1.165, 1.54) is 18.2 Å². The number of anilines is 1. The molecule has 0 saturated heterocycles. The SMILES string of the molecule is CC(C)(CNC(=O)OCC1c2ccccc2-c2ccccc21)C(=O)Nc1cc(Cl)ccc1C(=O)O. The summed E-state index contributed by atoms with van der Waals surface area (Å²) < 4.78 is 5.52. The van der Waals surface area contributed by atoms with Crippen molar-refractivity contribution in [2.24, 2.45) is 5.41 Å². The number of halogens is 1. The van der Waals surface area contributed by atoms with Crippen LogP contribution in [-0.2, 0) is 9.53 Å². The first-order valence-electron chi connectivity index (χ1n) is 11.1. The number of fused-ring (bicyclic) bond motifs is 3. The Morgan fingerprint density at radius 3 is 2.17 bits per heavy atom. The third-order valence-electron chi connectivity index (χ3n) is 6.09. The molecular weight excluding hydrogens is 468 g/mol. The highest BCUT2D eigenvalue weighted by Gasteiger charge is 2.31. The average Bonchev–Trinajstić information content (AvgIpc) is 3.15. The van der Waals surface area contributed by atoms with E-state index in [4.69, 9.17) is 16.3 Å². The van der Waals surface area contributed by atoms with E-state index in [1.54, 1.807) is 13.8 Å². The fourth-order valence-corrected chi connectivity index (χ4v) is 4.29. The van der Waals surface area contributed by atoms with Crippen molar-refractivity contribution in [3.8, 4) is 11.1 Å². The normalized spacial score (nSPS) is 12.4. The Morgan fingerprint density at radius 2 is 1.57 bits per heavy atom. The summed E-state index contributed by atoms with van der Waals surface area (Å²) in [5.74, 6) is -1.73. The average molecular weight is 493 g/mol. The fourth-order valence-electron chi connectivity index (χ4n) is 4.12. The molecule has 7 nitrogen and oxygen atoms in total. The Morgan fingerprint density at radius 1 is 0.971 bits per heavy atom. The predicted molar refractivity (Wildman–Crippen MR) is 134 cm³/mol. The highest BCUT2D eigenvalue weighted by Crippen LogP contribution is 2.44. The van der Waals surface area contributed by atoms with Gasteiger partial charge in [0.05, 0.1) is 16.7 Å². The molecule has 4 rings (SSSR count). The van der Waals surface area contributed by atoms with Crippen molar-refractivity contribution in [2.75, 3.05) is 18.5 Å². The van der Waals surface area contributed by atoms with Gasteiger partial charge in [0.15, 0.2) is 0 Å². The molecule has 0 fully saturated rings. The van der Waals surface area contributed by atoms with Gasteiger partial charge in [-0.2, -0.15) is 0 Å². The topological polar surface area (TPSA) is 105 Å². The summed E-state index contributed by atoms with van der Waals surface area (Å²) in [5.41, 5.74) is 3.44. The Bertz CT molecular complexity index is 1260. The third kappa shape index (κ3) is 5.15. The van der Waals surface area contributed by atoms with Crippen molar-refractivity contribution >= 4 is 35.3 Å². The van der Waals surface area contributed by atoms with Crippen LogP contribution in [0.3, 0.4) is 0 Å². The van der Waals surface area contributed by atoms with Crippen LogP contribution < -0.4 is 10.6 Å². The van der Waals surface area contributed by atoms with E-state index in [9.17, 15) is 19.5 Å². The molecule has 180 valence electrons. The first-order chi connectivity index (χ1) is 16.7. The number of benzene rings is 3. The molecule has 0 radical (unpaired) electrons. The molecule has 0 aromatic heterocycles. The second-order valence-corrected chi connectivity index (χ2v) is 9.45. The van der Waals surface area contributed by atoms with E-state index in [2.05, 4.69) is 22.8 Å². The van der Waals surface area contributed by atoms with E-state index in [-0.39, 0.29) is 30.3 Å². The molecule has 3 aromatic carbocycles. The van der Waals surface area contributed by atoms with Gasteiger partial charge in [-0.15, -0.1) is 0 Å². The number of alkyl carbamates (subject to hydrolysis) is 1. The van der Waals surface area contributed by atoms with E-state index in [0.717, 1.165) is 22.3 Å². The minimum absolute atomic E-state index is 0.0154. The van der Waals surface area contributed by atoms with E-state index < -0.39 is 23.4 Å². The highest BCUT2D eigenvalue weighted by molar-refractivity contribution is 6.31. The van der Waals surface area contributed by atoms with Crippen molar-refractivity contribution in [3.63, 3.8) is 0 Å². The maximum Gasteiger partial charge on any atom is 0.407 e. The van der Waals surface area contributed by atoms with E-state index >= 15 is 0 Å². The number of carboxylic acids is 1. The lowest BCUT2D eigenvalue weighted by Crippen LogP contribution is -2.42. The molecule has 8 heteroatoms. The summed E-state index contributed by atoms with van der Waals surface area (Å²) in [4.78, 5) is 36.8. The smallest absolute Gasteiger partial charge is 0.407 e. The highest BCUT2D eigenvalue weighted by atomic mass is 35.5. The van der Waals surface area contributed by atoms with Gasteiger partial charge in [-0.1, -0.05) is 60.1 Å². The van der Waals surface area contributed by atoms with Gasteiger partial charge in [-0.3, -0.25) is 4.79 Å². The first kappa shape index (κ1) is 24.3. The minimum atomic E-state index is -1.19. The molecular formula is C27H25ClN2O5. The second kappa shape index (κ2) is 9.80. The number of ether oxygens (including phenoxy) is 1. The molecule has 0 heterocycles. The van der Waals surface area contributed by atoms with Crippen LogP contribution in [0.2, 0.25) is 5.02 Å². The Hall–Kier alpha value is -3.84. The van der Waals surface area contributed by atoms with Crippen molar-refractivity contribution in [1.82, 2.24) is 5.32 Å². The molecule has 0 saturated carbocycles. The van der Waals surface area contributed by atoms with Crippen LogP contribution in [-0.4, -0.2) is 36.2 Å². The van der Waals surface area contributed by atoms with Gasteiger partial charge in [0.1, 0.15) is 6.61 Å². The van der Waals surface area contributed by atoms with Crippen LogP contribution in [0.5, 0.6) is 0 Å². The summed E-state index contributed by atoms with van der Waals surface area (Å²) >= 11 is 5.96. The van der Waals surface area contributed by atoms with Gasteiger partial charge >= 0.3 is 12.1 Å². The monoisotopic (exact) mass is 492 g/mol. The lowest BCUT2D eigenvalue weighted by atomic mass is 9.92. The minimum Gasteiger partial charge on any atom is -0.478 e. The van der Waals surface area contributed by atoms with E-state index in [1.807, 2.05) is 36.4 Å². The van der Waals surface area contributed by atoms with Gasteiger partial charge in [-0.25, -0.2) is 9.59 Å². The van der Waals surface area contributed by atoms with Crippen LogP contribution in [0.4, 0.5) is 10.5 Å². The molecule has 35 heavy (non-hydrogen) atoms. The van der Waals surface area contributed by atoms with E-state index in [0.29, 0.717) is 5.02 Å². The Balaban J connectivity index is 1.36. The molecule has 0 bridgehead atoms. The predicted octanol–water partition coefficient (Wildman–Crippen LogP) is 5.54. The molecule has 0 aliphatic heterocycles. The number of carboxylic acid groups (broad SMARTS) is 1. The lowest BCUT2D eigenvalue weighted by molar-refractivity contribution is -0.123. The van der Waals surface area contributed by atoms with Crippen molar-refractivity contribution in [1.29, 1.82) is 0 Å². The number of amides is 2. The summed E-state index contributed by atoms with van der Waals surface area (Å²) in [6.45, 7) is 3.42. The maximum absolute atomic E-state index is 12.8. The van der Waals surface area contributed by atoms with Crippen LogP contribution >= 0.6 is 11.6 Å².